The fourth-order valence-corrected chi connectivity index (χ4v) is 1.22. The Kier molecular flexibility index (Phi) is 1.92. The summed E-state index contributed by atoms with van der Waals surface area (Å²) < 4.78 is 14.3. The summed E-state index contributed by atoms with van der Waals surface area (Å²) in [6.07, 6.45) is 1.51. The maximum atomic E-state index is 12.7. The molecule has 1 aromatic carbocycles. The first-order chi connectivity index (χ1) is 6.68. The van der Waals surface area contributed by atoms with Gasteiger partial charge in [-0.05, 0) is 12.1 Å². The van der Waals surface area contributed by atoms with Crippen molar-refractivity contribution in [2.24, 2.45) is 7.05 Å². The monoisotopic (exact) mass is 193 g/mol. The van der Waals surface area contributed by atoms with Gasteiger partial charge in [-0.1, -0.05) is 0 Å². The maximum absolute atomic E-state index is 12.7. The van der Waals surface area contributed by atoms with Crippen LogP contribution in [0.15, 0.2) is 24.5 Å². The average Bonchev–Trinajstić information content (AvgIpc) is 2.52. The number of rotatable bonds is 1. The van der Waals surface area contributed by atoms with Gasteiger partial charge in [0.15, 0.2) is 5.82 Å². The minimum atomic E-state index is -0.478. The van der Waals surface area contributed by atoms with Crippen molar-refractivity contribution in [2.45, 2.75) is 0 Å². The summed E-state index contributed by atoms with van der Waals surface area (Å²) in [5, 5.41) is 16.9. The molecule has 0 unspecified atom stereocenters. The summed E-state index contributed by atoms with van der Waals surface area (Å²) >= 11 is 0. The second kappa shape index (κ2) is 3.10. The Balaban J connectivity index is 2.58. The van der Waals surface area contributed by atoms with Gasteiger partial charge in [-0.3, -0.25) is 0 Å². The van der Waals surface area contributed by atoms with Crippen LogP contribution in [0, 0.1) is 5.82 Å². The molecule has 2 aromatic rings. The van der Waals surface area contributed by atoms with E-state index in [0.717, 1.165) is 6.07 Å². The lowest BCUT2D eigenvalue weighted by molar-refractivity contribution is 0.470. The predicted octanol–water partition coefficient (Wildman–Crippen LogP) is 1.33. The fraction of sp³-hybridized carbons (Fsp3) is 0.111. The second-order valence-corrected chi connectivity index (χ2v) is 2.93. The molecule has 0 saturated carbocycles. The van der Waals surface area contributed by atoms with Gasteiger partial charge < -0.3 is 9.67 Å². The highest BCUT2D eigenvalue weighted by molar-refractivity contribution is 5.63. The molecule has 2 rings (SSSR count). The Bertz CT molecular complexity index is 467. The third kappa shape index (κ3) is 1.32. The Morgan fingerprint density at radius 2 is 2.21 bits per heavy atom. The zero-order valence-electron chi connectivity index (χ0n) is 7.48. The van der Waals surface area contributed by atoms with E-state index < -0.39 is 5.82 Å². The molecule has 0 atom stereocenters. The standard InChI is InChI=1S/C9H8FN3O/c1-13-5-11-12-9(13)7-3-2-6(10)4-8(7)14/h2-5,14H,1H3. The SMILES string of the molecule is Cn1cnnc1-c1ccc(F)cc1O. The second-order valence-electron chi connectivity index (χ2n) is 2.93. The molecule has 0 aliphatic rings. The Hall–Kier alpha value is -1.91. The molecule has 72 valence electrons. The molecular formula is C9H8FN3O. The van der Waals surface area contributed by atoms with Gasteiger partial charge in [0, 0.05) is 13.1 Å². The van der Waals surface area contributed by atoms with Crippen molar-refractivity contribution in [3.8, 4) is 17.1 Å². The highest BCUT2D eigenvalue weighted by Crippen LogP contribution is 2.27. The van der Waals surface area contributed by atoms with E-state index >= 15 is 0 Å². The molecule has 4 nitrogen and oxygen atoms in total. The van der Waals surface area contributed by atoms with E-state index in [2.05, 4.69) is 10.2 Å². The molecule has 14 heavy (non-hydrogen) atoms. The molecule has 1 aromatic heterocycles. The van der Waals surface area contributed by atoms with Crippen molar-refractivity contribution in [3.05, 3.63) is 30.3 Å². The van der Waals surface area contributed by atoms with E-state index in [1.54, 1.807) is 11.6 Å². The smallest absolute Gasteiger partial charge is 0.167 e. The van der Waals surface area contributed by atoms with Crippen molar-refractivity contribution >= 4 is 0 Å². The van der Waals surface area contributed by atoms with E-state index in [9.17, 15) is 9.50 Å². The Morgan fingerprint density at radius 1 is 1.43 bits per heavy atom. The number of aryl methyl sites for hydroxylation is 1. The van der Waals surface area contributed by atoms with Crippen molar-refractivity contribution in [2.75, 3.05) is 0 Å². The number of phenols is 1. The largest absolute Gasteiger partial charge is 0.507 e. The number of nitrogens with zero attached hydrogens (tertiary/aromatic N) is 3. The molecule has 0 spiro atoms. The third-order valence-corrected chi connectivity index (χ3v) is 1.91. The van der Waals surface area contributed by atoms with Gasteiger partial charge in [0.2, 0.25) is 0 Å². The van der Waals surface area contributed by atoms with Gasteiger partial charge in [0.1, 0.15) is 17.9 Å². The van der Waals surface area contributed by atoms with Crippen LogP contribution in [-0.2, 0) is 7.05 Å². The van der Waals surface area contributed by atoms with Crippen LogP contribution >= 0.6 is 0 Å². The van der Waals surface area contributed by atoms with E-state index in [1.807, 2.05) is 0 Å². The van der Waals surface area contributed by atoms with Crippen LogP contribution in [0.25, 0.3) is 11.4 Å². The highest BCUT2D eigenvalue weighted by atomic mass is 19.1. The summed E-state index contributed by atoms with van der Waals surface area (Å²) in [5.41, 5.74) is 0.464. The number of aromatic hydroxyl groups is 1. The number of aromatic nitrogens is 3. The highest BCUT2D eigenvalue weighted by Gasteiger charge is 2.09. The molecule has 0 radical (unpaired) electrons. The summed E-state index contributed by atoms with van der Waals surface area (Å²) in [6, 6.07) is 3.78. The lowest BCUT2D eigenvalue weighted by atomic mass is 10.2. The van der Waals surface area contributed by atoms with Crippen LogP contribution in [0.3, 0.4) is 0 Å². The summed E-state index contributed by atoms with van der Waals surface area (Å²) in [4.78, 5) is 0. The zero-order valence-corrected chi connectivity index (χ0v) is 7.48. The normalized spacial score (nSPS) is 10.4. The number of hydrogen-bond donors (Lipinski definition) is 1. The van der Waals surface area contributed by atoms with Gasteiger partial charge in [0.25, 0.3) is 0 Å². The van der Waals surface area contributed by atoms with Crippen molar-refractivity contribution < 1.29 is 9.50 Å². The lowest BCUT2D eigenvalue weighted by Crippen LogP contribution is -1.91. The fourth-order valence-electron chi connectivity index (χ4n) is 1.22. The van der Waals surface area contributed by atoms with Crippen LogP contribution in [0.5, 0.6) is 5.75 Å². The number of phenolic OH excluding ortho intramolecular Hbond substituents is 1. The van der Waals surface area contributed by atoms with Gasteiger partial charge in [0.05, 0.1) is 5.56 Å². The number of hydrogen-bond acceptors (Lipinski definition) is 3. The molecule has 0 aliphatic heterocycles. The van der Waals surface area contributed by atoms with Gasteiger partial charge in [-0.2, -0.15) is 0 Å². The molecule has 0 bridgehead atoms. The van der Waals surface area contributed by atoms with Crippen molar-refractivity contribution in [1.82, 2.24) is 14.8 Å². The average molecular weight is 193 g/mol. The Morgan fingerprint density at radius 3 is 2.79 bits per heavy atom. The molecular weight excluding hydrogens is 185 g/mol. The molecule has 0 amide bonds. The van der Waals surface area contributed by atoms with Gasteiger partial charge in [-0.15, -0.1) is 10.2 Å². The van der Waals surface area contributed by atoms with Gasteiger partial charge >= 0.3 is 0 Å². The molecule has 1 N–H and O–H groups in total. The summed E-state index contributed by atoms with van der Waals surface area (Å²) in [5.74, 6) is -0.114. The molecule has 0 saturated heterocycles. The van der Waals surface area contributed by atoms with E-state index in [1.165, 1.54) is 18.5 Å². The zero-order chi connectivity index (χ0) is 10.1. The number of halogens is 1. The Labute approximate surface area is 79.6 Å². The first kappa shape index (κ1) is 8.68. The minimum absolute atomic E-state index is 0.138. The van der Waals surface area contributed by atoms with Crippen LogP contribution in [0.1, 0.15) is 0 Å². The maximum Gasteiger partial charge on any atom is 0.167 e. The predicted molar refractivity (Wildman–Crippen MR) is 48.1 cm³/mol. The van der Waals surface area contributed by atoms with Crippen LogP contribution in [0.4, 0.5) is 4.39 Å². The summed E-state index contributed by atoms with van der Waals surface area (Å²) in [7, 11) is 1.75. The summed E-state index contributed by atoms with van der Waals surface area (Å²) in [6.45, 7) is 0. The van der Waals surface area contributed by atoms with E-state index in [0.29, 0.717) is 11.4 Å². The third-order valence-electron chi connectivity index (χ3n) is 1.91. The molecule has 5 heteroatoms. The van der Waals surface area contributed by atoms with Crippen molar-refractivity contribution in [1.29, 1.82) is 0 Å². The van der Waals surface area contributed by atoms with E-state index in [-0.39, 0.29) is 5.75 Å². The molecule has 1 heterocycles. The molecule has 0 fully saturated rings. The first-order valence-electron chi connectivity index (χ1n) is 4.01. The van der Waals surface area contributed by atoms with Gasteiger partial charge in [-0.25, -0.2) is 4.39 Å². The number of benzene rings is 1. The topological polar surface area (TPSA) is 50.9 Å². The lowest BCUT2D eigenvalue weighted by Gasteiger charge is -2.02. The van der Waals surface area contributed by atoms with Crippen LogP contribution in [-0.4, -0.2) is 19.9 Å². The quantitative estimate of drug-likeness (QED) is 0.743. The first-order valence-corrected chi connectivity index (χ1v) is 4.01. The van der Waals surface area contributed by atoms with Crippen molar-refractivity contribution in [3.63, 3.8) is 0 Å². The minimum Gasteiger partial charge on any atom is -0.507 e. The van der Waals surface area contributed by atoms with Crippen LogP contribution in [0.2, 0.25) is 0 Å². The van der Waals surface area contributed by atoms with Crippen LogP contribution < -0.4 is 0 Å². The van der Waals surface area contributed by atoms with E-state index in [4.69, 9.17) is 0 Å². The molecule has 0 aliphatic carbocycles.